The standard InChI is InChI=1S/C16H16N4O/c1-11-18-16(20-19-11)12-6-4-7-14(9-12)17-10-13-5-2-3-8-15(13)21/h2-9,17,21H,10H2,1H3,(H,18,19,20). The number of hydrogen-bond donors (Lipinski definition) is 3. The summed E-state index contributed by atoms with van der Waals surface area (Å²) in [5.41, 5.74) is 2.76. The third kappa shape index (κ3) is 3.02. The maximum atomic E-state index is 9.76. The van der Waals surface area contributed by atoms with Crippen LogP contribution in [0.1, 0.15) is 11.4 Å². The predicted molar refractivity (Wildman–Crippen MR) is 82.0 cm³/mol. The van der Waals surface area contributed by atoms with Gasteiger partial charge in [-0.05, 0) is 25.1 Å². The molecule has 1 heterocycles. The molecule has 1 aromatic heterocycles. The van der Waals surface area contributed by atoms with Crippen LogP contribution >= 0.6 is 0 Å². The lowest BCUT2D eigenvalue weighted by molar-refractivity contribution is 0.469. The molecule has 0 bridgehead atoms. The smallest absolute Gasteiger partial charge is 0.181 e. The van der Waals surface area contributed by atoms with E-state index in [2.05, 4.69) is 20.5 Å². The molecular formula is C16H16N4O. The van der Waals surface area contributed by atoms with Crippen molar-refractivity contribution in [3.8, 4) is 17.1 Å². The molecule has 3 aromatic rings. The molecule has 0 unspecified atom stereocenters. The van der Waals surface area contributed by atoms with Crippen molar-refractivity contribution >= 4 is 5.69 Å². The number of para-hydroxylation sites is 1. The minimum atomic E-state index is 0.297. The number of phenols is 1. The lowest BCUT2D eigenvalue weighted by atomic mass is 10.1. The van der Waals surface area contributed by atoms with Crippen molar-refractivity contribution in [2.24, 2.45) is 0 Å². The third-order valence-corrected chi connectivity index (χ3v) is 3.19. The van der Waals surface area contributed by atoms with Gasteiger partial charge in [0.1, 0.15) is 11.6 Å². The monoisotopic (exact) mass is 280 g/mol. The van der Waals surface area contributed by atoms with Crippen LogP contribution in [0, 0.1) is 6.92 Å². The van der Waals surface area contributed by atoms with Crippen LogP contribution < -0.4 is 5.32 Å². The summed E-state index contributed by atoms with van der Waals surface area (Å²) in [7, 11) is 0. The van der Waals surface area contributed by atoms with Crippen LogP contribution in [0.25, 0.3) is 11.4 Å². The Balaban J connectivity index is 1.76. The van der Waals surface area contributed by atoms with Crippen LogP contribution in [-0.2, 0) is 6.54 Å². The number of phenolic OH excluding ortho intramolecular Hbond substituents is 1. The summed E-state index contributed by atoms with van der Waals surface area (Å²) in [6, 6.07) is 15.2. The number of rotatable bonds is 4. The summed E-state index contributed by atoms with van der Waals surface area (Å²) in [4.78, 5) is 4.32. The van der Waals surface area contributed by atoms with Crippen LogP contribution in [-0.4, -0.2) is 20.3 Å². The third-order valence-electron chi connectivity index (χ3n) is 3.19. The molecule has 0 atom stereocenters. The number of nitrogens with one attached hydrogen (secondary N) is 2. The van der Waals surface area contributed by atoms with Gasteiger partial charge in [-0.15, -0.1) is 0 Å². The van der Waals surface area contributed by atoms with E-state index in [1.807, 2.05) is 49.4 Å². The number of aromatic amines is 1. The van der Waals surface area contributed by atoms with Crippen molar-refractivity contribution in [3.05, 3.63) is 59.9 Å². The molecule has 0 saturated heterocycles. The first kappa shape index (κ1) is 13.2. The molecular weight excluding hydrogens is 264 g/mol. The number of H-pyrrole nitrogens is 1. The average Bonchev–Trinajstić information content (AvgIpc) is 2.93. The van der Waals surface area contributed by atoms with Crippen molar-refractivity contribution in [1.29, 1.82) is 0 Å². The predicted octanol–water partition coefficient (Wildman–Crippen LogP) is 3.10. The molecule has 0 aliphatic carbocycles. The Hall–Kier alpha value is -2.82. The topological polar surface area (TPSA) is 73.8 Å². The van der Waals surface area contributed by atoms with E-state index in [1.165, 1.54) is 0 Å². The highest BCUT2D eigenvalue weighted by atomic mass is 16.3. The highest BCUT2D eigenvalue weighted by Gasteiger charge is 2.05. The SMILES string of the molecule is Cc1nc(-c2cccc(NCc3ccccc3O)c2)n[nH]1. The number of hydrogen-bond acceptors (Lipinski definition) is 4. The number of anilines is 1. The molecule has 0 aliphatic rings. The lowest BCUT2D eigenvalue weighted by Gasteiger charge is -2.08. The number of nitrogens with zero attached hydrogens (tertiary/aromatic N) is 2. The molecule has 3 N–H and O–H groups in total. The van der Waals surface area contributed by atoms with Gasteiger partial charge in [0.05, 0.1) is 0 Å². The van der Waals surface area contributed by atoms with Crippen LogP contribution in [0.3, 0.4) is 0 Å². The van der Waals surface area contributed by atoms with Gasteiger partial charge in [0.2, 0.25) is 0 Å². The molecule has 3 rings (SSSR count). The number of benzene rings is 2. The Kier molecular flexibility index (Phi) is 3.55. The van der Waals surface area contributed by atoms with Crippen LogP contribution in [0.5, 0.6) is 5.75 Å². The first-order valence-electron chi connectivity index (χ1n) is 6.72. The lowest BCUT2D eigenvalue weighted by Crippen LogP contribution is -1.99. The summed E-state index contributed by atoms with van der Waals surface area (Å²) < 4.78 is 0. The van der Waals surface area contributed by atoms with Crippen LogP contribution in [0.4, 0.5) is 5.69 Å². The van der Waals surface area contributed by atoms with E-state index in [1.54, 1.807) is 6.07 Å². The Morgan fingerprint density at radius 3 is 2.76 bits per heavy atom. The molecule has 0 fully saturated rings. The molecule has 21 heavy (non-hydrogen) atoms. The molecule has 5 nitrogen and oxygen atoms in total. The molecule has 0 radical (unpaired) electrons. The van der Waals surface area contributed by atoms with Crippen molar-refractivity contribution in [3.63, 3.8) is 0 Å². The Bertz CT molecular complexity index is 751. The molecule has 5 heteroatoms. The van der Waals surface area contributed by atoms with Gasteiger partial charge in [-0.1, -0.05) is 30.3 Å². The zero-order chi connectivity index (χ0) is 14.7. The first-order valence-corrected chi connectivity index (χ1v) is 6.72. The fraction of sp³-hybridized carbons (Fsp3) is 0.125. The molecule has 0 saturated carbocycles. The van der Waals surface area contributed by atoms with Crippen LogP contribution in [0.2, 0.25) is 0 Å². The van der Waals surface area contributed by atoms with Crippen molar-refractivity contribution in [1.82, 2.24) is 15.2 Å². The quantitative estimate of drug-likeness (QED) is 0.686. The fourth-order valence-electron chi connectivity index (χ4n) is 2.10. The second-order valence-corrected chi connectivity index (χ2v) is 4.81. The summed E-state index contributed by atoms with van der Waals surface area (Å²) in [5.74, 6) is 1.77. The van der Waals surface area contributed by atoms with Gasteiger partial charge >= 0.3 is 0 Å². The second-order valence-electron chi connectivity index (χ2n) is 4.81. The maximum absolute atomic E-state index is 9.76. The van der Waals surface area contributed by atoms with E-state index in [0.717, 1.165) is 22.6 Å². The maximum Gasteiger partial charge on any atom is 0.181 e. The van der Waals surface area contributed by atoms with E-state index >= 15 is 0 Å². The minimum Gasteiger partial charge on any atom is -0.508 e. The molecule has 0 amide bonds. The van der Waals surface area contributed by atoms with E-state index in [0.29, 0.717) is 18.1 Å². The van der Waals surface area contributed by atoms with Crippen molar-refractivity contribution in [2.75, 3.05) is 5.32 Å². The number of aryl methyl sites for hydroxylation is 1. The summed E-state index contributed by atoms with van der Waals surface area (Å²) in [5, 5.41) is 20.0. The summed E-state index contributed by atoms with van der Waals surface area (Å²) >= 11 is 0. The molecule has 0 aliphatic heterocycles. The van der Waals surface area contributed by atoms with E-state index < -0.39 is 0 Å². The first-order chi connectivity index (χ1) is 10.2. The van der Waals surface area contributed by atoms with Gasteiger partial charge in [0.15, 0.2) is 5.82 Å². The van der Waals surface area contributed by atoms with Gasteiger partial charge < -0.3 is 10.4 Å². The van der Waals surface area contributed by atoms with Crippen LogP contribution in [0.15, 0.2) is 48.5 Å². The fourth-order valence-corrected chi connectivity index (χ4v) is 2.10. The van der Waals surface area contributed by atoms with E-state index in [-0.39, 0.29) is 0 Å². The van der Waals surface area contributed by atoms with Gasteiger partial charge in [-0.2, -0.15) is 5.10 Å². The molecule has 2 aromatic carbocycles. The Morgan fingerprint density at radius 1 is 1.14 bits per heavy atom. The summed E-state index contributed by atoms with van der Waals surface area (Å²) in [6.07, 6.45) is 0. The number of aromatic nitrogens is 3. The zero-order valence-corrected chi connectivity index (χ0v) is 11.7. The van der Waals surface area contributed by atoms with E-state index in [9.17, 15) is 5.11 Å². The van der Waals surface area contributed by atoms with Gasteiger partial charge in [0, 0.05) is 23.4 Å². The van der Waals surface area contributed by atoms with Gasteiger partial charge in [0.25, 0.3) is 0 Å². The Morgan fingerprint density at radius 2 is 2.00 bits per heavy atom. The normalized spacial score (nSPS) is 10.5. The molecule has 106 valence electrons. The highest BCUT2D eigenvalue weighted by molar-refractivity contribution is 5.62. The van der Waals surface area contributed by atoms with Crippen molar-refractivity contribution in [2.45, 2.75) is 13.5 Å². The van der Waals surface area contributed by atoms with Crippen molar-refractivity contribution < 1.29 is 5.11 Å². The second kappa shape index (κ2) is 5.66. The van der Waals surface area contributed by atoms with E-state index in [4.69, 9.17) is 0 Å². The largest absolute Gasteiger partial charge is 0.508 e. The summed E-state index contributed by atoms with van der Waals surface area (Å²) in [6.45, 7) is 2.43. The Labute approximate surface area is 122 Å². The highest BCUT2D eigenvalue weighted by Crippen LogP contribution is 2.21. The van der Waals surface area contributed by atoms with Gasteiger partial charge in [-0.25, -0.2) is 4.98 Å². The van der Waals surface area contributed by atoms with Gasteiger partial charge in [-0.3, -0.25) is 5.10 Å². The minimum absolute atomic E-state index is 0.297. The average molecular weight is 280 g/mol. The number of aromatic hydroxyl groups is 1. The molecule has 0 spiro atoms. The zero-order valence-electron chi connectivity index (χ0n) is 11.7.